The third kappa shape index (κ3) is 3.97. The van der Waals surface area contributed by atoms with Gasteiger partial charge in [0.15, 0.2) is 17.8 Å². The number of esters is 2. The molecule has 0 aliphatic rings. The molecule has 1 N–H and O–H groups in total. The summed E-state index contributed by atoms with van der Waals surface area (Å²) in [6.07, 6.45) is 0.362. The van der Waals surface area contributed by atoms with Gasteiger partial charge >= 0.3 is 11.9 Å². The summed E-state index contributed by atoms with van der Waals surface area (Å²) in [7, 11) is 1.19. The lowest BCUT2D eigenvalue weighted by Crippen LogP contribution is -2.12. The van der Waals surface area contributed by atoms with E-state index in [2.05, 4.69) is 13.2 Å². The molecule has 0 amide bonds. The molecule has 0 unspecified atom stereocenters. The Balaban J connectivity index is 3.43. The molecule has 23 heavy (non-hydrogen) atoms. The molecule has 0 saturated carbocycles. The van der Waals surface area contributed by atoms with Crippen LogP contribution in [-0.4, -0.2) is 30.4 Å². The van der Waals surface area contributed by atoms with Crippen molar-refractivity contribution in [2.75, 3.05) is 7.11 Å². The van der Waals surface area contributed by atoms with Crippen LogP contribution in [-0.2, 0) is 9.59 Å². The number of carbonyl (C=O) groups excluding carboxylic acids is 3. The van der Waals surface area contributed by atoms with Gasteiger partial charge in [0.05, 0.1) is 12.7 Å². The fourth-order valence-electron chi connectivity index (χ4n) is 1.45. The van der Waals surface area contributed by atoms with Crippen LogP contribution in [0.5, 0.6) is 23.0 Å². The van der Waals surface area contributed by atoms with Crippen LogP contribution in [0.1, 0.15) is 24.2 Å². The Labute approximate surface area is 132 Å². The van der Waals surface area contributed by atoms with Gasteiger partial charge in [0.25, 0.3) is 0 Å². The van der Waals surface area contributed by atoms with Crippen LogP contribution < -0.4 is 14.2 Å². The maximum absolute atomic E-state index is 11.6. The van der Waals surface area contributed by atoms with E-state index in [4.69, 9.17) is 14.2 Å². The van der Waals surface area contributed by atoms with Crippen LogP contribution >= 0.6 is 0 Å². The van der Waals surface area contributed by atoms with Crippen LogP contribution in [0, 0.1) is 0 Å². The Morgan fingerprint density at radius 3 is 2.04 bits per heavy atom. The number of phenols is 1. The first-order valence-corrected chi connectivity index (χ1v) is 6.37. The number of aromatic hydroxyl groups is 1. The van der Waals surface area contributed by atoms with E-state index in [-0.39, 0.29) is 34.0 Å². The number of methoxy groups -OCH3 is 1. The van der Waals surface area contributed by atoms with Gasteiger partial charge in [0.2, 0.25) is 11.5 Å². The summed E-state index contributed by atoms with van der Waals surface area (Å²) < 4.78 is 14.9. The van der Waals surface area contributed by atoms with Crippen LogP contribution in [0.25, 0.3) is 0 Å². The number of benzene rings is 1. The molecule has 1 rings (SSSR count). The predicted octanol–water partition coefficient (Wildman–Crippen LogP) is 2.18. The normalized spacial score (nSPS) is 9.70. The highest BCUT2D eigenvalue weighted by Gasteiger charge is 2.24. The average molecular weight is 320 g/mol. The van der Waals surface area contributed by atoms with Crippen molar-refractivity contribution in [3.05, 3.63) is 35.9 Å². The molecule has 0 saturated heterocycles. The molecular formula is C16H16O7. The number of aldehydes is 1. The van der Waals surface area contributed by atoms with Crippen molar-refractivity contribution in [1.82, 2.24) is 0 Å². The lowest BCUT2D eigenvalue weighted by atomic mass is 10.1. The maximum atomic E-state index is 11.6. The Hall–Kier alpha value is -3.09. The minimum Gasteiger partial charge on any atom is -0.502 e. The largest absolute Gasteiger partial charge is 0.502 e. The smallest absolute Gasteiger partial charge is 0.338 e. The van der Waals surface area contributed by atoms with Crippen LogP contribution in [0.15, 0.2) is 30.4 Å². The molecule has 0 aliphatic heterocycles. The van der Waals surface area contributed by atoms with E-state index in [0.29, 0.717) is 6.29 Å². The molecule has 0 heterocycles. The second-order valence-corrected chi connectivity index (χ2v) is 4.63. The first kappa shape index (κ1) is 18.0. The van der Waals surface area contributed by atoms with Gasteiger partial charge in [-0.2, -0.15) is 0 Å². The Morgan fingerprint density at radius 2 is 1.61 bits per heavy atom. The second-order valence-electron chi connectivity index (χ2n) is 4.63. The summed E-state index contributed by atoms with van der Waals surface area (Å²) in [6, 6.07) is 1.05. The Kier molecular flexibility index (Phi) is 5.67. The zero-order valence-electron chi connectivity index (χ0n) is 13.0. The summed E-state index contributed by atoms with van der Waals surface area (Å²) in [4.78, 5) is 34.4. The highest BCUT2D eigenvalue weighted by Crippen LogP contribution is 2.45. The Bertz CT molecular complexity index is 701. The summed E-state index contributed by atoms with van der Waals surface area (Å²) in [5, 5.41) is 10.1. The van der Waals surface area contributed by atoms with E-state index >= 15 is 0 Å². The molecule has 1 aromatic carbocycles. The lowest BCUT2D eigenvalue weighted by Gasteiger charge is -2.15. The highest BCUT2D eigenvalue weighted by molar-refractivity contribution is 5.94. The van der Waals surface area contributed by atoms with Gasteiger partial charge in [-0.3, -0.25) is 4.79 Å². The fourth-order valence-corrected chi connectivity index (χ4v) is 1.45. The van der Waals surface area contributed by atoms with E-state index in [1.165, 1.54) is 21.0 Å². The maximum Gasteiger partial charge on any atom is 0.338 e. The molecule has 0 spiro atoms. The molecule has 7 nitrogen and oxygen atoms in total. The molecular weight excluding hydrogens is 304 g/mol. The molecule has 0 bridgehead atoms. The van der Waals surface area contributed by atoms with Gasteiger partial charge in [-0.25, -0.2) is 9.59 Å². The van der Waals surface area contributed by atoms with E-state index in [0.717, 1.165) is 6.07 Å². The number of rotatable bonds is 6. The third-order valence-corrected chi connectivity index (χ3v) is 2.63. The summed E-state index contributed by atoms with van der Waals surface area (Å²) in [5.41, 5.74) is 0.0220. The van der Waals surface area contributed by atoms with Gasteiger partial charge in [-0.15, -0.1) is 0 Å². The number of hydrogen-bond acceptors (Lipinski definition) is 7. The quantitative estimate of drug-likeness (QED) is 0.371. The molecule has 122 valence electrons. The monoisotopic (exact) mass is 320 g/mol. The number of phenolic OH excluding ortho intramolecular Hbond substituents is 1. The lowest BCUT2D eigenvalue weighted by molar-refractivity contribution is -0.131. The molecule has 0 atom stereocenters. The van der Waals surface area contributed by atoms with Gasteiger partial charge in [-0.1, -0.05) is 13.2 Å². The van der Waals surface area contributed by atoms with Gasteiger partial charge in [-0.05, 0) is 19.9 Å². The van der Waals surface area contributed by atoms with Gasteiger partial charge in [0.1, 0.15) is 0 Å². The van der Waals surface area contributed by atoms with Crippen LogP contribution in [0.2, 0.25) is 0 Å². The van der Waals surface area contributed by atoms with Gasteiger partial charge in [0, 0.05) is 11.1 Å². The first-order chi connectivity index (χ1) is 10.7. The van der Waals surface area contributed by atoms with Crippen molar-refractivity contribution in [3.63, 3.8) is 0 Å². The minimum absolute atomic E-state index is 0.0844. The molecule has 0 fully saturated rings. The zero-order valence-corrected chi connectivity index (χ0v) is 13.0. The van der Waals surface area contributed by atoms with Gasteiger partial charge < -0.3 is 19.3 Å². The number of ether oxygens (including phenoxy) is 3. The minimum atomic E-state index is -0.808. The van der Waals surface area contributed by atoms with E-state index in [9.17, 15) is 19.5 Å². The predicted molar refractivity (Wildman–Crippen MR) is 80.9 cm³/mol. The molecule has 7 heteroatoms. The second kappa shape index (κ2) is 7.26. The number of carbonyl (C=O) groups is 3. The van der Waals surface area contributed by atoms with E-state index in [1.807, 2.05) is 0 Å². The zero-order chi connectivity index (χ0) is 17.7. The van der Waals surface area contributed by atoms with Crippen molar-refractivity contribution in [2.45, 2.75) is 13.8 Å². The first-order valence-electron chi connectivity index (χ1n) is 6.37. The van der Waals surface area contributed by atoms with E-state index < -0.39 is 17.7 Å². The van der Waals surface area contributed by atoms with Crippen molar-refractivity contribution < 1.29 is 33.7 Å². The molecule has 0 radical (unpaired) electrons. The SMILES string of the molecule is C=C(C)C(=O)Oc1cc(C=O)c(OC(=O)C(=C)C)c(OC)c1O. The van der Waals surface area contributed by atoms with Crippen molar-refractivity contribution >= 4 is 18.2 Å². The summed E-state index contributed by atoms with van der Waals surface area (Å²) in [6.45, 7) is 9.65. The van der Waals surface area contributed by atoms with Crippen molar-refractivity contribution in [3.8, 4) is 23.0 Å². The van der Waals surface area contributed by atoms with E-state index in [1.54, 1.807) is 0 Å². The summed E-state index contributed by atoms with van der Waals surface area (Å²) in [5.74, 6) is -3.16. The van der Waals surface area contributed by atoms with Crippen molar-refractivity contribution in [1.29, 1.82) is 0 Å². The topological polar surface area (TPSA) is 99.1 Å². The molecule has 1 aromatic rings. The molecule has 0 aromatic heterocycles. The summed E-state index contributed by atoms with van der Waals surface area (Å²) >= 11 is 0. The fraction of sp³-hybridized carbons (Fsp3) is 0.188. The highest BCUT2D eigenvalue weighted by atomic mass is 16.6. The van der Waals surface area contributed by atoms with Crippen LogP contribution in [0.4, 0.5) is 0 Å². The number of hydrogen-bond donors (Lipinski definition) is 1. The standard InChI is InChI=1S/C16H16O7/c1-8(2)15(19)22-11-6-10(7-17)13(14(21-5)12(11)18)23-16(20)9(3)4/h6-7,18H,1,3H2,2,4-5H3. The third-order valence-electron chi connectivity index (χ3n) is 2.63. The van der Waals surface area contributed by atoms with Crippen molar-refractivity contribution in [2.24, 2.45) is 0 Å². The Morgan fingerprint density at radius 1 is 1.09 bits per heavy atom. The average Bonchev–Trinajstić information content (AvgIpc) is 2.49. The molecule has 0 aliphatic carbocycles. The van der Waals surface area contributed by atoms with Crippen LogP contribution in [0.3, 0.4) is 0 Å².